The minimum Gasteiger partial charge on any atom is -0.370 e. The highest BCUT2D eigenvalue weighted by Crippen LogP contribution is 2.36. The third-order valence-corrected chi connectivity index (χ3v) is 5.06. The average Bonchev–Trinajstić information content (AvgIpc) is 2.63. The maximum absolute atomic E-state index is 13.4. The van der Waals surface area contributed by atoms with Crippen molar-refractivity contribution in [3.8, 4) is 28.0 Å². The Morgan fingerprint density at radius 1 is 0.846 bits per heavy atom. The van der Waals surface area contributed by atoms with E-state index in [0.29, 0.717) is 22.4 Å². The van der Waals surface area contributed by atoms with Gasteiger partial charge in [0.05, 0.1) is 0 Å². The zero-order valence-electron chi connectivity index (χ0n) is 13.4. The van der Waals surface area contributed by atoms with E-state index >= 15 is 0 Å². The molecule has 0 fully saturated rings. The molecular weight excluding hydrogens is 360 g/mol. The summed E-state index contributed by atoms with van der Waals surface area (Å²) >= 11 is 0. The number of hydrogen-bond donors (Lipinski definition) is 1. The Hall–Kier alpha value is -2.77. The second-order valence-electron chi connectivity index (χ2n) is 5.86. The second-order valence-corrected chi connectivity index (χ2v) is 7.22. The van der Waals surface area contributed by atoms with E-state index in [1.54, 1.807) is 36.4 Å². The van der Waals surface area contributed by atoms with Crippen molar-refractivity contribution in [2.45, 2.75) is 6.54 Å². The van der Waals surface area contributed by atoms with E-state index < -0.39 is 21.9 Å². The van der Waals surface area contributed by atoms with Gasteiger partial charge in [0, 0.05) is 17.7 Å². The lowest BCUT2D eigenvalue weighted by Crippen LogP contribution is -2.32. The van der Waals surface area contributed by atoms with Gasteiger partial charge in [-0.1, -0.05) is 48.5 Å². The minimum absolute atomic E-state index is 0.165. The highest BCUT2D eigenvalue weighted by molar-refractivity contribution is 7.85. The van der Waals surface area contributed by atoms with Crippen molar-refractivity contribution in [2.75, 3.05) is 0 Å². The number of nitrogens with one attached hydrogen (secondary N) is 1. The van der Waals surface area contributed by atoms with Crippen LogP contribution in [0.2, 0.25) is 0 Å². The predicted molar refractivity (Wildman–Crippen MR) is 93.6 cm³/mol. The Balaban J connectivity index is 1.73. The molecule has 0 amide bonds. The van der Waals surface area contributed by atoms with Gasteiger partial charge in [-0.15, -0.1) is 0 Å². The molecular formula is C19H13F2NO3S. The molecule has 0 bridgehead atoms. The smallest absolute Gasteiger partial charge is 0.370 e. The molecule has 7 heteroatoms. The van der Waals surface area contributed by atoms with Crippen molar-refractivity contribution in [3.05, 3.63) is 77.9 Å². The van der Waals surface area contributed by atoms with Gasteiger partial charge in [-0.25, -0.2) is 8.78 Å². The fourth-order valence-electron chi connectivity index (χ4n) is 2.87. The number of rotatable bonds is 2. The first kappa shape index (κ1) is 16.7. The van der Waals surface area contributed by atoms with Crippen LogP contribution < -0.4 is 8.91 Å². The SMILES string of the molecule is O=S1(=O)NCc2cccc(-c3ccc(-c4ccc(F)c(F)c4)cc3)c2O1. The fourth-order valence-corrected chi connectivity index (χ4v) is 3.68. The first-order valence-corrected chi connectivity index (χ1v) is 9.20. The van der Waals surface area contributed by atoms with Gasteiger partial charge in [-0.05, 0) is 28.8 Å². The van der Waals surface area contributed by atoms with Crippen LogP contribution in [0.1, 0.15) is 5.56 Å². The molecule has 0 aromatic heterocycles. The van der Waals surface area contributed by atoms with E-state index in [2.05, 4.69) is 4.72 Å². The molecule has 1 heterocycles. The number of hydrogen-bond acceptors (Lipinski definition) is 3. The van der Waals surface area contributed by atoms with Crippen molar-refractivity contribution < 1.29 is 21.4 Å². The Morgan fingerprint density at radius 3 is 2.27 bits per heavy atom. The Bertz CT molecular complexity index is 1100. The monoisotopic (exact) mass is 373 g/mol. The number of benzene rings is 3. The summed E-state index contributed by atoms with van der Waals surface area (Å²) in [4.78, 5) is 0. The molecule has 0 unspecified atom stereocenters. The van der Waals surface area contributed by atoms with Crippen LogP contribution in [0, 0.1) is 11.6 Å². The van der Waals surface area contributed by atoms with Crippen molar-refractivity contribution in [3.63, 3.8) is 0 Å². The molecule has 3 aromatic rings. The quantitative estimate of drug-likeness (QED) is 0.738. The summed E-state index contributed by atoms with van der Waals surface area (Å²) in [5.41, 5.74) is 3.40. The lowest BCUT2D eigenvalue weighted by Gasteiger charge is -2.20. The predicted octanol–water partition coefficient (Wildman–Crippen LogP) is 4.03. The van der Waals surface area contributed by atoms with E-state index in [1.165, 1.54) is 6.07 Å². The Kier molecular flexibility index (Phi) is 3.97. The van der Waals surface area contributed by atoms with Crippen molar-refractivity contribution >= 4 is 10.3 Å². The first-order valence-electron chi connectivity index (χ1n) is 7.80. The van der Waals surface area contributed by atoms with E-state index in [9.17, 15) is 17.2 Å². The Morgan fingerprint density at radius 2 is 1.54 bits per heavy atom. The van der Waals surface area contributed by atoms with Gasteiger partial charge in [0.25, 0.3) is 0 Å². The van der Waals surface area contributed by atoms with Crippen LogP contribution in [0.15, 0.2) is 60.7 Å². The second kappa shape index (κ2) is 6.19. The standard InChI is InChI=1S/C19H13F2NO3S/c20-17-9-8-14(10-18(17)21)12-4-6-13(7-5-12)16-3-1-2-15-11-22-26(23,24)25-19(15)16/h1-10,22H,11H2. The highest BCUT2D eigenvalue weighted by Gasteiger charge is 2.24. The van der Waals surface area contributed by atoms with Crippen LogP contribution >= 0.6 is 0 Å². The summed E-state index contributed by atoms with van der Waals surface area (Å²) in [5, 5.41) is 0. The van der Waals surface area contributed by atoms with Crippen LogP contribution in [0.3, 0.4) is 0 Å². The van der Waals surface area contributed by atoms with Crippen LogP contribution in [0.4, 0.5) is 8.78 Å². The molecule has 0 atom stereocenters. The van der Waals surface area contributed by atoms with Crippen molar-refractivity contribution in [2.24, 2.45) is 0 Å². The molecule has 0 spiro atoms. The molecule has 132 valence electrons. The molecule has 3 aromatic carbocycles. The lowest BCUT2D eigenvalue weighted by atomic mass is 9.98. The molecule has 0 saturated carbocycles. The zero-order chi connectivity index (χ0) is 18.3. The molecule has 1 aliphatic heterocycles. The average molecular weight is 373 g/mol. The highest BCUT2D eigenvalue weighted by atomic mass is 32.2. The maximum Gasteiger partial charge on any atom is 0.382 e. The zero-order valence-corrected chi connectivity index (χ0v) is 14.2. The first-order chi connectivity index (χ1) is 12.4. The van der Waals surface area contributed by atoms with Crippen molar-refractivity contribution in [1.29, 1.82) is 0 Å². The van der Waals surface area contributed by atoms with Gasteiger partial charge in [0.15, 0.2) is 17.4 Å². The van der Waals surface area contributed by atoms with Gasteiger partial charge in [-0.3, -0.25) is 0 Å². The third kappa shape index (κ3) is 3.07. The minimum atomic E-state index is -3.81. The topological polar surface area (TPSA) is 55.4 Å². The number of halogens is 2. The third-order valence-electron chi connectivity index (χ3n) is 4.18. The van der Waals surface area contributed by atoms with Crippen LogP contribution in [0.25, 0.3) is 22.3 Å². The fraction of sp³-hybridized carbons (Fsp3) is 0.0526. The largest absolute Gasteiger partial charge is 0.382 e. The van der Waals surface area contributed by atoms with Gasteiger partial charge in [0.1, 0.15) is 0 Å². The van der Waals surface area contributed by atoms with Gasteiger partial charge in [-0.2, -0.15) is 13.1 Å². The molecule has 4 rings (SSSR count). The molecule has 0 aliphatic carbocycles. The lowest BCUT2D eigenvalue weighted by molar-refractivity contribution is 0.454. The summed E-state index contributed by atoms with van der Waals surface area (Å²) in [6.45, 7) is 0.165. The summed E-state index contributed by atoms with van der Waals surface area (Å²) in [6, 6.07) is 16.2. The Labute approximate surface area is 149 Å². The summed E-state index contributed by atoms with van der Waals surface area (Å²) in [5.74, 6) is -1.50. The van der Waals surface area contributed by atoms with Crippen molar-refractivity contribution in [1.82, 2.24) is 4.72 Å². The van der Waals surface area contributed by atoms with Crippen LogP contribution in [0.5, 0.6) is 5.75 Å². The molecule has 0 radical (unpaired) electrons. The van der Waals surface area contributed by atoms with Crippen LogP contribution in [-0.2, 0) is 16.8 Å². The van der Waals surface area contributed by atoms with E-state index in [4.69, 9.17) is 4.18 Å². The van der Waals surface area contributed by atoms with E-state index in [0.717, 1.165) is 23.3 Å². The van der Waals surface area contributed by atoms with Crippen LogP contribution in [-0.4, -0.2) is 8.42 Å². The van der Waals surface area contributed by atoms with E-state index in [-0.39, 0.29) is 6.54 Å². The van der Waals surface area contributed by atoms with E-state index in [1.807, 2.05) is 6.07 Å². The van der Waals surface area contributed by atoms with Gasteiger partial charge < -0.3 is 4.18 Å². The summed E-state index contributed by atoms with van der Waals surface area (Å²) in [6.07, 6.45) is 0. The summed E-state index contributed by atoms with van der Waals surface area (Å²) < 4.78 is 57.3. The van der Waals surface area contributed by atoms with Gasteiger partial charge >= 0.3 is 10.3 Å². The molecule has 1 N–H and O–H groups in total. The normalized spacial score (nSPS) is 15.2. The maximum atomic E-state index is 13.4. The van der Waals surface area contributed by atoms with Gasteiger partial charge in [0.2, 0.25) is 0 Å². The molecule has 4 nitrogen and oxygen atoms in total. The molecule has 26 heavy (non-hydrogen) atoms. The number of fused-ring (bicyclic) bond motifs is 1. The summed E-state index contributed by atoms with van der Waals surface area (Å²) in [7, 11) is -3.81. The molecule has 0 saturated heterocycles. The molecule has 1 aliphatic rings. The number of para-hydroxylation sites is 1.